The average molecular weight is 453 g/mol. The first-order valence-electron chi connectivity index (χ1n) is 9.74. The van der Waals surface area contributed by atoms with Crippen molar-refractivity contribution < 1.29 is 9.53 Å². The molecule has 164 valence electrons. The third-order valence-corrected chi connectivity index (χ3v) is 4.74. The van der Waals surface area contributed by atoms with Gasteiger partial charge in [-0.05, 0) is 63.2 Å². The highest BCUT2D eigenvalue weighted by atomic mass is 35.5. The number of halogens is 1. The summed E-state index contributed by atoms with van der Waals surface area (Å²) < 4.78 is 8.13. The number of hydrogen-bond donors (Lipinski definition) is 2. The summed E-state index contributed by atoms with van der Waals surface area (Å²) in [7, 11) is 0. The third kappa shape index (κ3) is 4.15. The molecule has 0 aliphatic carbocycles. The molecule has 0 saturated carbocycles. The van der Waals surface area contributed by atoms with Crippen molar-refractivity contribution in [3.05, 3.63) is 70.4 Å². The van der Waals surface area contributed by atoms with Gasteiger partial charge in [-0.3, -0.25) is 9.88 Å². The Morgan fingerprint density at radius 3 is 2.47 bits per heavy atom. The number of nitrogens with zero attached hydrogens (tertiary/aromatic N) is 4. The van der Waals surface area contributed by atoms with E-state index in [0.717, 1.165) is 0 Å². The van der Waals surface area contributed by atoms with Crippen molar-refractivity contribution >= 4 is 40.4 Å². The maximum atomic E-state index is 13.5. The van der Waals surface area contributed by atoms with Crippen LogP contribution in [0.3, 0.4) is 0 Å². The number of amides is 1. The van der Waals surface area contributed by atoms with E-state index in [1.54, 1.807) is 69.3 Å². The largest absolute Gasteiger partial charge is 0.444 e. The van der Waals surface area contributed by atoms with Crippen molar-refractivity contribution in [3.63, 3.8) is 0 Å². The number of nitrogens with one attached hydrogen (secondary N) is 1. The van der Waals surface area contributed by atoms with E-state index >= 15 is 0 Å². The predicted molar refractivity (Wildman–Crippen MR) is 124 cm³/mol. The number of aromatic nitrogens is 4. The van der Waals surface area contributed by atoms with Gasteiger partial charge >= 0.3 is 11.8 Å². The fourth-order valence-electron chi connectivity index (χ4n) is 3.25. The van der Waals surface area contributed by atoms with E-state index in [9.17, 15) is 9.59 Å². The van der Waals surface area contributed by atoms with Gasteiger partial charge in [-0.15, -0.1) is 0 Å². The highest BCUT2D eigenvalue weighted by Gasteiger charge is 2.21. The lowest BCUT2D eigenvalue weighted by Gasteiger charge is -2.19. The number of carbonyl (C=O) groups is 1. The van der Waals surface area contributed by atoms with E-state index in [1.807, 2.05) is 0 Å². The highest BCUT2D eigenvalue weighted by Crippen LogP contribution is 2.24. The Labute approximate surface area is 188 Å². The van der Waals surface area contributed by atoms with Crippen molar-refractivity contribution in [1.82, 2.24) is 19.1 Å². The van der Waals surface area contributed by atoms with E-state index in [0.29, 0.717) is 33.2 Å². The molecule has 2 heterocycles. The molecule has 0 spiro atoms. The molecule has 0 aliphatic heterocycles. The average Bonchev–Trinajstić information content (AvgIpc) is 3.00. The summed E-state index contributed by atoms with van der Waals surface area (Å²) in [6.45, 7) is 5.33. The number of ether oxygens (including phenoxy) is 1. The van der Waals surface area contributed by atoms with Gasteiger partial charge in [0.05, 0.1) is 11.4 Å². The number of fused-ring (bicyclic) bond motifs is 1. The molecule has 32 heavy (non-hydrogen) atoms. The van der Waals surface area contributed by atoms with Gasteiger partial charge in [0.1, 0.15) is 17.4 Å². The molecule has 0 aliphatic rings. The maximum Gasteiger partial charge on any atom is 0.412 e. The van der Waals surface area contributed by atoms with Gasteiger partial charge in [-0.25, -0.2) is 24.1 Å². The van der Waals surface area contributed by atoms with Crippen molar-refractivity contribution in [2.45, 2.75) is 26.4 Å². The molecule has 0 atom stereocenters. The fourth-order valence-corrected chi connectivity index (χ4v) is 3.38. The van der Waals surface area contributed by atoms with Crippen LogP contribution in [0.5, 0.6) is 0 Å². The van der Waals surface area contributed by atoms with Gasteiger partial charge in [0.25, 0.3) is 0 Å². The normalized spacial score (nSPS) is 11.5. The van der Waals surface area contributed by atoms with Crippen LogP contribution in [0.25, 0.3) is 22.5 Å². The van der Waals surface area contributed by atoms with Crippen LogP contribution >= 0.6 is 11.6 Å². The molecule has 4 aromatic rings. The molecule has 0 bridgehead atoms. The lowest BCUT2D eigenvalue weighted by atomic mass is 10.2. The number of hydrogen-bond acceptors (Lipinski definition) is 6. The number of nitrogens with two attached hydrogens (primary N) is 1. The van der Waals surface area contributed by atoms with Crippen molar-refractivity contribution in [2.75, 3.05) is 11.1 Å². The Morgan fingerprint density at radius 1 is 1.06 bits per heavy atom. The van der Waals surface area contributed by atoms with Gasteiger partial charge in [-0.1, -0.05) is 17.7 Å². The molecule has 9 nitrogen and oxygen atoms in total. The molecular formula is C22H21ClN6O3. The van der Waals surface area contributed by atoms with Crippen molar-refractivity contribution in [1.29, 1.82) is 0 Å². The number of rotatable bonds is 3. The van der Waals surface area contributed by atoms with Gasteiger partial charge in [0.2, 0.25) is 0 Å². The number of imidazole rings is 1. The topological polar surface area (TPSA) is 117 Å². The first kappa shape index (κ1) is 21.4. The maximum absolute atomic E-state index is 13.5. The van der Waals surface area contributed by atoms with E-state index in [4.69, 9.17) is 22.1 Å². The standard InChI is InChI=1S/C22H21ClN6O3/c1-22(2,3)32-20(30)27-14-5-4-6-16(11-14)29-19-17(18(24)25-12-26-19)28(21(29)31)15-9-7-13(23)8-10-15/h4-12H,1-3H3,(H,27,30)(H2,24,25,26). The van der Waals surface area contributed by atoms with Crippen LogP contribution in [0.4, 0.5) is 16.3 Å². The predicted octanol–water partition coefficient (Wildman–Crippen LogP) is 4.15. The fraction of sp³-hybridized carbons (Fsp3) is 0.182. The van der Waals surface area contributed by atoms with E-state index in [1.165, 1.54) is 15.5 Å². The number of carbonyl (C=O) groups excluding carboxylic acids is 1. The third-order valence-electron chi connectivity index (χ3n) is 4.48. The van der Waals surface area contributed by atoms with Gasteiger partial charge in [-0.2, -0.15) is 0 Å². The van der Waals surface area contributed by atoms with Gasteiger partial charge in [0, 0.05) is 10.7 Å². The summed E-state index contributed by atoms with van der Waals surface area (Å²) in [6.07, 6.45) is 0.694. The zero-order valence-electron chi connectivity index (χ0n) is 17.7. The molecule has 2 aromatic carbocycles. The van der Waals surface area contributed by atoms with E-state index in [2.05, 4.69) is 15.3 Å². The number of nitrogen functional groups attached to an aromatic ring is 1. The quantitative estimate of drug-likeness (QED) is 0.482. The molecular weight excluding hydrogens is 432 g/mol. The van der Waals surface area contributed by atoms with Crippen LogP contribution in [0, 0.1) is 0 Å². The van der Waals surface area contributed by atoms with E-state index in [-0.39, 0.29) is 5.82 Å². The van der Waals surface area contributed by atoms with Crippen LogP contribution in [0.2, 0.25) is 5.02 Å². The minimum atomic E-state index is -0.640. The molecule has 0 saturated heterocycles. The zero-order chi connectivity index (χ0) is 23.0. The second-order valence-corrected chi connectivity index (χ2v) is 8.47. The number of anilines is 2. The summed E-state index contributed by atoms with van der Waals surface area (Å²) >= 11 is 6.00. The summed E-state index contributed by atoms with van der Waals surface area (Å²) in [5.74, 6) is 0.156. The Balaban J connectivity index is 1.85. The molecule has 10 heteroatoms. The number of benzene rings is 2. The summed E-state index contributed by atoms with van der Waals surface area (Å²) in [5.41, 5.74) is 7.27. The van der Waals surface area contributed by atoms with Gasteiger partial charge < -0.3 is 10.5 Å². The molecule has 0 fully saturated rings. The smallest absolute Gasteiger partial charge is 0.412 e. The minimum Gasteiger partial charge on any atom is -0.444 e. The molecule has 2 aromatic heterocycles. The Kier molecular flexibility index (Phi) is 5.35. The van der Waals surface area contributed by atoms with Crippen LogP contribution in [-0.2, 0) is 4.74 Å². The Morgan fingerprint density at radius 2 is 1.78 bits per heavy atom. The first-order valence-corrected chi connectivity index (χ1v) is 10.1. The summed E-state index contributed by atoms with van der Waals surface area (Å²) in [5, 5.41) is 3.21. The minimum absolute atomic E-state index is 0.156. The zero-order valence-corrected chi connectivity index (χ0v) is 18.4. The monoisotopic (exact) mass is 452 g/mol. The first-order chi connectivity index (χ1) is 15.1. The van der Waals surface area contributed by atoms with Gasteiger partial charge in [0.15, 0.2) is 11.5 Å². The molecule has 1 amide bonds. The molecule has 0 unspecified atom stereocenters. The lowest BCUT2D eigenvalue weighted by molar-refractivity contribution is 0.0636. The SMILES string of the molecule is CC(C)(C)OC(=O)Nc1cccc(-n2c(=O)n(-c3ccc(Cl)cc3)c3c(N)ncnc32)c1. The Hall–Kier alpha value is -3.85. The second-order valence-electron chi connectivity index (χ2n) is 8.04. The second kappa shape index (κ2) is 8.01. The van der Waals surface area contributed by atoms with Crippen molar-refractivity contribution in [2.24, 2.45) is 0 Å². The summed E-state index contributed by atoms with van der Waals surface area (Å²) in [6, 6.07) is 13.6. The van der Waals surface area contributed by atoms with Crippen molar-refractivity contribution in [3.8, 4) is 11.4 Å². The summed E-state index contributed by atoms with van der Waals surface area (Å²) in [4.78, 5) is 34.0. The molecule has 3 N–H and O–H groups in total. The van der Waals surface area contributed by atoms with Crippen LogP contribution in [0.1, 0.15) is 20.8 Å². The van der Waals surface area contributed by atoms with E-state index < -0.39 is 17.4 Å². The van der Waals surface area contributed by atoms with Crippen LogP contribution in [0.15, 0.2) is 59.7 Å². The van der Waals surface area contributed by atoms with Crippen LogP contribution in [-0.4, -0.2) is 30.8 Å². The highest BCUT2D eigenvalue weighted by molar-refractivity contribution is 6.30. The lowest BCUT2D eigenvalue weighted by Crippen LogP contribution is -2.27. The molecule has 4 rings (SSSR count). The van der Waals surface area contributed by atoms with Crippen LogP contribution < -0.4 is 16.7 Å². The Bertz CT molecular complexity index is 1370. The molecule has 0 radical (unpaired) electrons.